The number of para-hydroxylation sites is 1. The van der Waals surface area contributed by atoms with Crippen LogP contribution in [0.5, 0.6) is 11.5 Å². The van der Waals surface area contributed by atoms with Crippen molar-refractivity contribution in [2.75, 3.05) is 28.4 Å². The van der Waals surface area contributed by atoms with Gasteiger partial charge >= 0.3 is 11.9 Å². The van der Waals surface area contributed by atoms with Crippen LogP contribution in [0.3, 0.4) is 0 Å². The average Bonchev–Trinajstić information content (AvgIpc) is 3.29. The lowest BCUT2D eigenvalue weighted by atomic mass is 10.0. The van der Waals surface area contributed by atoms with Gasteiger partial charge in [-0.2, -0.15) is 5.10 Å². The Hall–Kier alpha value is -3.85. The summed E-state index contributed by atoms with van der Waals surface area (Å²) in [6, 6.07) is 14.1. The number of hydrogen-bond acceptors (Lipinski definition) is 8. The minimum absolute atomic E-state index is 0.164. The van der Waals surface area contributed by atoms with E-state index in [-0.39, 0.29) is 6.54 Å². The molecule has 9 heteroatoms. The van der Waals surface area contributed by atoms with Crippen molar-refractivity contribution < 1.29 is 28.5 Å². The van der Waals surface area contributed by atoms with Gasteiger partial charge in [0, 0.05) is 19.0 Å². The molecule has 3 aromatic rings. The molecule has 2 aromatic carbocycles. The fourth-order valence-corrected chi connectivity index (χ4v) is 3.46. The Bertz CT molecular complexity index is 1100. The second kappa shape index (κ2) is 11.1. The fraction of sp³-hybridized carbons (Fsp3) is 0.292. The van der Waals surface area contributed by atoms with Crippen molar-refractivity contribution in [3.8, 4) is 17.2 Å². The zero-order valence-electron chi connectivity index (χ0n) is 19.0. The summed E-state index contributed by atoms with van der Waals surface area (Å²) in [6.07, 6.45) is 1.75. The number of benzene rings is 2. The lowest BCUT2D eigenvalue weighted by Gasteiger charge is -2.19. The van der Waals surface area contributed by atoms with Crippen LogP contribution in [0.1, 0.15) is 21.6 Å². The standard InChI is InChI=1S/C24H27N3O6/c1-30-18-11-10-16(22(13-18)31-2)12-20(24(29)33-4)25-15-21-19(23(28)32-3)14-26-27(21)17-8-6-5-7-9-17/h5-11,13-14,20,25H,12,15H2,1-4H3. The van der Waals surface area contributed by atoms with Crippen LogP contribution in [-0.2, 0) is 27.2 Å². The number of ether oxygens (including phenoxy) is 4. The molecule has 0 aliphatic heterocycles. The highest BCUT2D eigenvalue weighted by molar-refractivity contribution is 5.90. The zero-order chi connectivity index (χ0) is 23.8. The molecule has 3 rings (SSSR count). The predicted molar refractivity (Wildman–Crippen MR) is 121 cm³/mol. The molecule has 1 aromatic heterocycles. The van der Waals surface area contributed by atoms with E-state index in [9.17, 15) is 9.59 Å². The summed E-state index contributed by atoms with van der Waals surface area (Å²) in [6.45, 7) is 0.164. The quantitative estimate of drug-likeness (QED) is 0.468. The van der Waals surface area contributed by atoms with E-state index in [0.717, 1.165) is 11.3 Å². The van der Waals surface area contributed by atoms with E-state index in [1.54, 1.807) is 31.0 Å². The molecule has 1 unspecified atom stereocenters. The molecule has 0 radical (unpaired) electrons. The number of esters is 2. The number of rotatable bonds is 10. The number of hydrogen-bond donors (Lipinski definition) is 1. The first-order valence-electron chi connectivity index (χ1n) is 10.2. The first-order chi connectivity index (χ1) is 16.0. The van der Waals surface area contributed by atoms with Crippen LogP contribution in [0.2, 0.25) is 0 Å². The van der Waals surface area contributed by atoms with Gasteiger partial charge in [0.1, 0.15) is 23.1 Å². The molecule has 0 fully saturated rings. The molecular formula is C24H27N3O6. The van der Waals surface area contributed by atoms with Gasteiger partial charge in [-0.3, -0.25) is 10.1 Å². The van der Waals surface area contributed by atoms with Crippen LogP contribution in [0.25, 0.3) is 5.69 Å². The normalized spacial score (nSPS) is 11.5. The van der Waals surface area contributed by atoms with Crippen LogP contribution in [-0.4, -0.2) is 56.2 Å². The van der Waals surface area contributed by atoms with E-state index in [2.05, 4.69) is 10.4 Å². The molecule has 0 aliphatic rings. The smallest absolute Gasteiger partial charge is 0.341 e. The van der Waals surface area contributed by atoms with Crippen molar-refractivity contribution in [2.24, 2.45) is 0 Å². The van der Waals surface area contributed by atoms with Crippen LogP contribution < -0.4 is 14.8 Å². The molecule has 9 nitrogen and oxygen atoms in total. The SMILES string of the molecule is COC(=O)c1cnn(-c2ccccc2)c1CNC(Cc1ccc(OC)cc1OC)C(=O)OC. The Morgan fingerprint density at radius 1 is 1.00 bits per heavy atom. The Balaban J connectivity index is 1.89. The van der Waals surface area contributed by atoms with Gasteiger partial charge in [0.05, 0.1) is 46.0 Å². The van der Waals surface area contributed by atoms with E-state index in [4.69, 9.17) is 18.9 Å². The molecule has 0 saturated heterocycles. The van der Waals surface area contributed by atoms with Crippen molar-refractivity contribution >= 4 is 11.9 Å². The first kappa shape index (κ1) is 23.8. The Kier molecular flexibility index (Phi) is 8.04. The highest BCUT2D eigenvalue weighted by Gasteiger charge is 2.25. The van der Waals surface area contributed by atoms with Crippen LogP contribution in [0.4, 0.5) is 0 Å². The minimum atomic E-state index is -0.707. The molecule has 0 bridgehead atoms. The Morgan fingerprint density at radius 2 is 1.76 bits per heavy atom. The van der Waals surface area contributed by atoms with Gasteiger partial charge in [0.15, 0.2) is 0 Å². The van der Waals surface area contributed by atoms with E-state index >= 15 is 0 Å². The van der Waals surface area contributed by atoms with Gasteiger partial charge in [-0.25, -0.2) is 9.48 Å². The molecule has 1 N–H and O–H groups in total. The third kappa shape index (κ3) is 5.50. The van der Waals surface area contributed by atoms with Crippen molar-refractivity contribution in [2.45, 2.75) is 19.0 Å². The number of carbonyl (C=O) groups is 2. The summed E-state index contributed by atoms with van der Waals surface area (Å²) in [5, 5.41) is 7.56. The van der Waals surface area contributed by atoms with Crippen LogP contribution >= 0.6 is 0 Å². The maximum Gasteiger partial charge on any atom is 0.341 e. The molecule has 174 valence electrons. The highest BCUT2D eigenvalue weighted by atomic mass is 16.5. The number of nitrogens with one attached hydrogen (secondary N) is 1. The molecule has 33 heavy (non-hydrogen) atoms. The van der Waals surface area contributed by atoms with Gasteiger partial charge in [-0.05, 0) is 23.8 Å². The average molecular weight is 453 g/mol. The second-order valence-corrected chi connectivity index (χ2v) is 7.08. The van der Waals surface area contributed by atoms with Crippen molar-refractivity contribution in [1.82, 2.24) is 15.1 Å². The molecule has 0 saturated carbocycles. The number of nitrogens with zero attached hydrogens (tertiary/aromatic N) is 2. The summed E-state index contributed by atoms with van der Waals surface area (Å²) >= 11 is 0. The summed E-state index contributed by atoms with van der Waals surface area (Å²) < 4.78 is 22.3. The largest absolute Gasteiger partial charge is 0.497 e. The summed E-state index contributed by atoms with van der Waals surface area (Å²) in [5.41, 5.74) is 2.44. The van der Waals surface area contributed by atoms with Gasteiger partial charge in [-0.1, -0.05) is 24.3 Å². The van der Waals surface area contributed by atoms with Crippen molar-refractivity contribution in [3.05, 3.63) is 71.5 Å². The number of methoxy groups -OCH3 is 4. The third-order valence-corrected chi connectivity index (χ3v) is 5.19. The second-order valence-electron chi connectivity index (χ2n) is 7.08. The highest BCUT2D eigenvalue weighted by Crippen LogP contribution is 2.26. The summed E-state index contributed by atoms with van der Waals surface area (Å²) in [5.74, 6) is 0.279. The zero-order valence-corrected chi connectivity index (χ0v) is 19.0. The molecule has 1 heterocycles. The van der Waals surface area contributed by atoms with E-state index in [1.165, 1.54) is 20.4 Å². The van der Waals surface area contributed by atoms with Gasteiger partial charge in [0.2, 0.25) is 0 Å². The topological polar surface area (TPSA) is 101 Å². The first-order valence-corrected chi connectivity index (χ1v) is 10.2. The van der Waals surface area contributed by atoms with E-state index in [0.29, 0.717) is 29.2 Å². The van der Waals surface area contributed by atoms with Gasteiger partial charge in [-0.15, -0.1) is 0 Å². The molecule has 0 amide bonds. The van der Waals surface area contributed by atoms with Crippen molar-refractivity contribution in [3.63, 3.8) is 0 Å². The van der Waals surface area contributed by atoms with Crippen molar-refractivity contribution in [1.29, 1.82) is 0 Å². The monoisotopic (exact) mass is 453 g/mol. The molecule has 0 spiro atoms. The van der Waals surface area contributed by atoms with Gasteiger partial charge < -0.3 is 18.9 Å². The van der Waals surface area contributed by atoms with Crippen LogP contribution in [0, 0.1) is 0 Å². The lowest BCUT2D eigenvalue weighted by Crippen LogP contribution is -2.39. The molecular weight excluding hydrogens is 426 g/mol. The van der Waals surface area contributed by atoms with Gasteiger partial charge in [0.25, 0.3) is 0 Å². The summed E-state index contributed by atoms with van der Waals surface area (Å²) in [7, 11) is 5.77. The van der Waals surface area contributed by atoms with Crippen LogP contribution in [0.15, 0.2) is 54.7 Å². The number of carbonyl (C=O) groups excluding carboxylic acids is 2. The predicted octanol–water partition coefficient (Wildman–Crippen LogP) is 2.55. The lowest BCUT2D eigenvalue weighted by molar-refractivity contribution is -0.143. The van der Waals surface area contributed by atoms with E-state index < -0.39 is 18.0 Å². The maximum absolute atomic E-state index is 12.6. The Morgan fingerprint density at radius 3 is 2.39 bits per heavy atom. The minimum Gasteiger partial charge on any atom is -0.497 e. The fourth-order valence-electron chi connectivity index (χ4n) is 3.46. The Labute approximate surface area is 192 Å². The molecule has 1 atom stereocenters. The summed E-state index contributed by atoms with van der Waals surface area (Å²) in [4.78, 5) is 24.9. The maximum atomic E-state index is 12.6. The third-order valence-electron chi connectivity index (χ3n) is 5.19. The number of aromatic nitrogens is 2. The molecule has 0 aliphatic carbocycles. The van der Waals surface area contributed by atoms with E-state index in [1.807, 2.05) is 36.4 Å².